The molecule has 0 aliphatic rings. The van der Waals surface area contributed by atoms with E-state index in [2.05, 4.69) is 17.6 Å². The van der Waals surface area contributed by atoms with Gasteiger partial charge in [-0.1, -0.05) is 43.3 Å². The minimum atomic E-state index is -0.225. The number of para-hydroxylation sites is 1. The van der Waals surface area contributed by atoms with E-state index >= 15 is 0 Å². The minimum Gasteiger partial charge on any atom is -0.326 e. The van der Waals surface area contributed by atoms with Crippen molar-refractivity contribution in [1.82, 2.24) is 5.32 Å². The lowest BCUT2D eigenvalue weighted by atomic mass is 10.1. The third-order valence-electron chi connectivity index (χ3n) is 3.81. The van der Waals surface area contributed by atoms with Crippen LogP contribution in [-0.4, -0.2) is 12.5 Å². The van der Waals surface area contributed by atoms with Crippen LogP contribution in [0.15, 0.2) is 42.5 Å². The Morgan fingerprint density at radius 2 is 1.83 bits per heavy atom. The third kappa shape index (κ3) is 4.89. The summed E-state index contributed by atoms with van der Waals surface area (Å²) in [6.07, 6.45) is 1.23. The Labute approximate surface area is 136 Å². The molecule has 0 heterocycles. The van der Waals surface area contributed by atoms with Crippen molar-refractivity contribution in [3.63, 3.8) is 0 Å². The zero-order valence-electron chi connectivity index (χ0n) is 13.7. The zero-order valence-corrected chi connectivity index (χ0v) is 13.7. The molecule has 0 spiro atoms. The van der Waals surface area contributed by atoms with Crippen LogP contribution >= 0.6 is 0 Å². The van der Waals surface area contributed by atoms with Crippen LogP contribution in [-0.2, 0) is 17.8 Å². The van der Waals surface area contributed by atoms with E-state index in [0.717, 1.165) is 23.2 Å². The number of amides is 1. The third-order valence-corrected chi connectivity index (χ3v) is 3.81. The highest BCUT2D eigenvalue weighted by Crippen LogP contribution is 2.21. The van der Waals surface area contributed by atoms with Crippen molar-refractivity contribution in [1.29, 1.82) is 0 Å². The first-order chi connectivity index (χ1) is 11.1. The predicted molar refractivity (Wildman–Crippen MR) is 91.9 cm³/mol. The van der Waals surface area contributed by atoms with E-state index in [4.69, 9.17) is 0 Å². The first kappa shape index (κ1) is 17.2. The van der Waals surface area contributed by atoms with Gasteiger partial charge < -0.3 is 10.6 Å². The molecular formula is C19H23FN2O. The molecule has 0 aliphatic heterocycles. The standard InChI is InChI=1S/C19H23FN2O/c1-3-15-9-6-7-14(2)19(15)22-18(23)11-12-21-13-16-8-4-5-10-17(16)20/h4-10,21H,3,11-13H2,1-2H3,(H,22,23). The van der Waals surface area contributed by atoms with Crippen LogP contribution in [0, 0.1) is 12.7 Å². The molecule has 1 amide bonds. The van der Waals surface area contributed by atoms with Crippen molar-refractivity contribution in [3.05, 3.63) is 65.0 Å². The first-order valence-electron chi connectivity index (χ1n) is 7.94. The molecule has 23 heavy (non-hydrogen) atoms. The van der Waals surface area contributed by atoms with E-state index in [-0.39, 0.29) is 11.7 Å². The number of hydrogen-bond acceptors (Lipinski definition) is 2. The second-order valence-electron chi connectivity index (χ2n) is 5.53. The Bertz CT molecular complexity index is 670. The van der Waals surface area contributed by atoms with Crippen LogP contribution in [0.1, 0.15) is 30.0 Å². The van der Waals surface area contributed by atoms with Crippen molar-refractivity contribution in [2.24, 2.45) is 0 Å². The lowest BCUT2D eigenvalue weighted by molar-refractivity contribution is -0.116. The summed E-state index contributed by atoms with van der Waals surface area (Å²) in [4.78, 5) is 12.1. The lowest BCUT2D eigenvalue weighted by Gasteiger charge is -2.13. The maximum absolute atomic E-state index is 13.5. The van der Waals surface area contributed by atoms with Crippen LogP contribution in [0.3, 0.4) is 0 Å². The molecule has 0 radical (unpaired) electrons. The molecule has 0 saturated heterocycles. The molecule has 2 aromatic carbocycles. The predicted octanol–water partition coefficient (Wildman–Crippen LogP) is 3.81. The minimum absolute atomic E-state index is 0.0324. The van der Waals surface area contributed by atoms with E-state index < -0.39 is 0 Å². The van der Waals surface area contributed by atoms with Gasteiger partial charge in [-0.05, 0) is 30.5 Å². The highest BCUT2D eigenvalue weighted by Gasteiger charge is 2.08. The number of anilines is 1. The molecule has 0 aromatic heterocycles. The summed E-state index contributed by atoms with van der Waals surface area (Å²) in [6, 6.07) is 12.7. The SMILES string of the molecule is CCc1cccc(C)c1NC(=O)CCNCc1ccccc1F. The highest BCUT2D eigenvalue weighted by molar-refractivity contribution is 5.92. The van der Waals surface area contributed by atoms with Crippen LogP contribution in [0.25, 0.3) is 0 Å². The number of aryl methyl sites for hydroxylation is 2. The van der Waals surface area contributed by atoms with Gasteiger partial charge in [-0.3, -0.25) is 4.79 Å². The number of carbonyl (C=O) groups is 1. The molecule has 2 N–H and O–H groups in total. The van der Waals surface area contributed by atoms with Gasteiger partial charge in [-0.15, -0.1) is 0 Å². The van der Waals surface area contributed by atoms with Crippen molar-refractivity contribution in [3.8, 4) is 0 Å². The summed E-state index contributed by atoms with van der Waals surface area (Å²) in [5.74, 6) is -0.257. The van der Waals surface area contributed by atoms with Crippen LogP contribution in [0.5, 0.6) is 0 Å². The molecule has 2 rings (SSSR count). The molecule has 0 fully saturated rings. The Kier molecular flexibility index (Phi) is 6.29. The summed E-state index contributed by atoms with van der Waals surface area (Å²) >= 11 is 0. The number of halogens is 1. The first-order valence-corrected chi connectivity index (χ1v) is 7.94. The molecule has 0 unspecified atom stereocenters. The molecule has 3 nitrogen and oxygen atoms in total. The molecule has 4 heteroatoms. The van der Waals surface area contributed by atoms with Gasteiger partial charge >= 0.3 is 0 Å². The highest BCUT2D eigenvalue weighted by atomic mass is 19.1. The Morgan fingerprint density at radius 1 is 1.09 bits per heavy atom. The monoisotopic (exact) mass is 314 g/mol. The fourth-order valence-corrected chi connectivity index (χ4v) is 2.47. The Morgan fingerprint density at radius 3 is 2.57 bits per heavy atom. The summed E-state index contributed by atoms with van der Waals surface area (Å²) in [6.45, 7) is 4.99. The number of nitrogens with one attached hydrogen (secondary N) is 2. The second-order valence-corrected chi connectivity index (χ2v) is 5.53. The van der Waals surface area contributed by atoms with Crippen molar-refractivity contribution in [2.75, 3.05) is 11.9 Å². The molecule has 2 aromatic rings. The Balaban J connectivity index is 1.81. The molecule has 0 saturated carbocycles. The van der Waals surface area contributed by atoms with Crippen molar-refractivity contribution < 1.29 is 9.18 Å². The van der Waals surface area contributed by atoms with Crippen molar-refractivity contribution >= 4 is 11.6 Å². The summed E-state index contributed by atoms with van der Waals surface area (Å²) in [7, 11) is 0. The number of hydrogen-bond donors (Lipinski definition) is 2. The fourth-order valence-electron chi connectivity index (χ4n) is 2.47. The maximum atomic E-state index is 13.5. The second kappa shape index (κ2) is 8.44. The van der Waals surface area contributed by atoms with E-state index in [1.54, 1.807) is 18.2 Å². The van der Waals surface area contributed by atoms with E-state index in [0.29, 0.717) is 25.1 Å². The van der Waals surface area contributed by atoms with Crippen LogP contribution < -0.4 is 10.6 Å². The van der Waals surface area contributed by atoms with Gasteiger partial charge in [0.25, 0.3) is 0 Å². The topological polar surface area (TPSA) is 41.1 Å². The van der Waals surface area contributed by atoms with Gasteiger partial charge in [0, 0.05) is 30.8 Å². The molecule has 0 aliphatic carbocycles. The van der Waals surface area contributed by atoms with Gasteiger partial charge in [-0.2, -0.15) is 0 Å². The maximum Gasteiger partial charge on any atom is 0.225 e. The summed E-state index contributed by atoms with van der Waals surface area (Å²) in [5.41, 5.74) is 3.73. The molecule has 0 atom stereocenters. The van der Waals surface area contributed by atoms with Crippen molar-refractivity contribution in [2.45, 2.75) is 33.2 Å². The van der Waals surface area contributed by atoms with Crippen LogP contribution in [0.4, 0.5) is 10.1 Å². The van der Waals surface area contributed by atoms with Gasteiger partial charge in [-0.25, -0.2) is 4.39 Å². The average Bonchev–Trinajstić information content (AvgIpc) is 2.55. The van der Waals surface area contributed by atoms with Gasteiger partial charge in [0.15, 0.2) is 0 Å². The summed E-state index contributed by atoms with van der Waals surface area (Å²) in [5, 5.41) is 6.09. The fraction of sp³-hybridized carbons (Fsp3) is 0.316. The molecular weight excluding hydrogens is 291 g/mol. The molecule has 122 valence electrons. The summed E-state index contributed by atoms with van der Waals surface area (Å²) < 4.78 is 13.5. The van der Waals surface area contributed by atoms with Crippen LogP contribution in [0.2, 0.25) is 0 Å². The average molecular weight is 314 g/mol. The number of benzene rings is 2. The van der Waals surface area contributed by atoms with E-state index in [1.165, 1.54) is 6.07 Å². The van der Waals surface area contributed by atoms with Gasteiger partial charge in [0.05, 0.1) is 0 Å². The quantitative estimate of drug-likeness (QED) is 0.763. The lowest BCUT2D eigenvalue weighted by Crippen LogP contribution is -2.22. The normalized spacial score (nSPS) is 10.6. The van der Waals surface area contributed by atoms with Gasteiger partial charge in [0.1, 0.15) is 5.82 Å². The van der Waals surface area contributed by atoms with Gasteiger partial charge in [0.2, 0.25) is 5.91 Å². The largest absolute Gasteiger partial charge is 0.326 e. The zero-order chi connectivity index (χ0) is 16.7. The Hall–Kier alpha value is -2.20. The number of carbonyl (C=O) groups excluding carboxylic acids is 1. The smallest absolute Gasteiger partial charge is 0.225 e. The van der Waals surface area contributed by atoms with E-state index in [9.17, 15) is 9.18 Å². The van der Waals surface area contributed by atoms with E-state index in [1.807, 2.05) is 25.1 Å². The molecule has 0 bridgehead atoms. The number of rotatable bonds is 7.